The van der Waals surface area contributed by atoms with E-state index in [9.17, 15) is 45.6 Å². The summed E-state index contributed by atoms with van der Waals surface area (Å²) in [5.74, 6) is -7.16. The Balaban J connectivity index is 1.70. The third kappa shape index (κ3) is 6.53. The first-order chi connectivity index (χ1) is 15.1. The van der Waals surface area contributed by atoms with Crippen molar-refractivity contribution in [2.45, 2.75) is 55.4 Å². The molecule has 2 atom stereocenters. The van der Waals surface area contributed by atoms with Gasteiger partial charge in [-0.3, -0.25) is 28.3 Å². The summed E-state index contributed by atoms with van der Waals surface area (Å²) in [6.45, 7) is 0. The predicted octanol–water partition coefficient (Wildman–Crippen LogP) is -2.12. The lowest BCUT2D eigenvalue weighted by Crippen LogP contribution is -2.36. The molecule has 2 unspecified atom stereocenters. The molecule has 18 heteroatoms. The minimum Gasteiger partial charge on any atom is -0.330 e. The van der Waals surface area contributed by atoms with E-state index in [0.29, 0.717) is 0 Å². The van der Waals surface area contributed by atoms with Crippen LogP contribution in [0.3, 0.4) is 0 Å². The topological polar surface area (TPSA) is 236 Å². The van der Waals surface area contributed by atoms with Gasteiger partial charge in [0, 0.05) is 12.8 Å². The van der Waals surface area contributed by atoms with Crippen LogP contribution in [0.4, 0.5) is 0 Å². The molecule has 0 radical (unpaired) electrons. The van der Waals surface area contributed by atoms with Crippen LogP contribution in [0.1, 0.15) is 44.9 Å². The first-order valence-corrected chi connectivity index (χ1v) is 12.2. The monoisotopic (exact) mass is 514 g/mol. The van der Waals surface area contributed by atoms with Crippen molar-refractivity contribution >= 4 is 55.8 Å². The van der Waals surface area contributed by atoms with Gasteiger partial charge < -0.3 is 9.68 Å². The Morgan fingerprint density at radius 3 is 1.33 bits per heavy atom. The molecule has 16 nitrogen and oxygen atoms in total. The van der Waals surface area contributed by atoms with E-state index in [2.05, 4.69) is 9.68 Å². The molecule has 2 rings (SSSR count). The smallest absolute Gasteiger partial charge is 0.330 e. The number of hydrogen-bond acceptors (Lipinski definition) is 12. The van der Waals surface area contributed by atoms with Crippen molar-refractivity contribution in [2.24, 2.45) is 0 Å². The van der Waals surface area contributed by atoms with Crippen LogP contribution in [0.5, 0.6) is 0 Å². The minimum atomic E-state index is -4.85. The molecule has 2 N–H and O–H groups in total. The summed E-state index contributed by atoms with van der Waals surface area (Å²) in [5.41, 5.74) is 0. The highest BCUT2D eigenvalue weighted by Gasteiger charge is 2.49. The Labute approximate surface area is 186 Å². The number of rotatable bonds is 10. The Morgan fingerprint density at radius 2 is 1.06 bits per heavy atom. The normalized spacial score (nSPS) is 21.6. The van der Waals surface area contributed by atoms with Gasteiger partial charge in [0.25, 0.3) is 43.9 Å². The van der Waals surface area contributed by atoms with E-state index >= 15 is 0 Å². The second-order valence-corrected chi connectivity index (χ2v) is 10.2. The Hall–Kier alpha value is -2.96. The first-order valence-electron chi connectivity index (χ1n) is 9.20. The number of carbonyl (C=O) groups is 6. The Morgan fingerprint density at radius 1 is 0.727 bits per heavy atom. The number of hydroxylamine groups is 4. The summed E-state index contributed by atoms with van der Waals surface area (Å²) in [6.07, 6.45) is -2.02. The van der Waals surface area contributed by atoms with Crippen LogP contribution < -0.4 is 0 Å². The van der Waals surface area contributed by atoms with E-state index in [1.165, 1.54) is 0 Å². The van der Waals surface area contributed by atoms with Gasteiger partial charge in [-0.05, 0) is 12.8 Å². The van der Waals surface area contributed by atoms with Crippen LogP contribution in [-0.2, 0) is 58.7 Å². The summed E-state index contributed by atoms with van der Waals surface area (Å²) < 4.78 is 61.9. The van der Waals surface area contributed by atoms with E-state index in [1.54, 1.807) is 0 Å². The average molecular weight is 514 g/mol. The summed E-state index contributed by atoms with van der Waals surface area (Å²) >= 11 is 0. The lowest BCUT2D eigenvalue weighted by atomic mass is 10.1. The molecule has 0 aromatic rings. The number of amides is 4. The average Bonchev–Trinajstić information content (AvgIpc) is 3.12. The summed E-state index contributed by atoms with van der Waals surface area (Å²) in [6, 6.07) is 0. The van der Waals surface area contributed by atoms with Gasteiger partial charge in [-0.25, -0.2) is 9.59 Å². The van der Waals surface area contributed by atoms with Crippen LogP contribution in [0, 0.1) is 0 Å². The number of imide groups is 2. The second-order valence-electron chi connectivity index (χ2n) is 6.96. The van der Waals surface area contributed by atoms with Gasteiger partial charge in [0.2, 0.25) is 0 Å². The molecular weight excluding hydrogens is 496 g/mol. The SMILES string of the molecule is O=C(CCCCCC(=O)ON1C(=O)CC(S(=O)(=O)O)C1=O)ON1C(=O)CC(S(=O)(=O)O)C1=O. The highest BCUT2D eigenvalue weighted by Crippen LogP contribution is 2.21. The molecule has 0 aliphatic carbocycles. The molecule has 4 amide bonds. The van der Waals surface area contributed by atoms with Gasteiger partial charge in [0.05, 0.1) is 12.8 Å². The molecule has 0 aromatic heterocycles. The molecule has 2 saturated heterocycles. The molecule has 184 valence electrons. The van der Waals surface area contributed by atoms with Gasteiger partial charge in [-0.1, -0.05) is 6.42 Å². The summed E-state index contributed by atoms with van der Waals surface area (Å²) in [7, 11) is -9.69. The molecule has 33 heavy (non-hydrogen) atoms. The van der Waals surface area contributed by atoms with Gasteiger partial charge >= 0.3 is 11.9 Å². The van der Waals surface area contributed by atoms with Crippen LogP contribution in [0.2, 0.25) is 0 Å². The van der Waals surface area contributed by atoms with Gasteiger partial charge in [-0.2, -0.15) is 16.8 Å². The Kier molecular flexibility index (Phi) is 7.88. The van der Waals surface area contributed by atoms with E-state index in [-0.39, 0.29) is 42.2 Å². The number of nitrogens with zero attached hydrogens (tertiary/aromatic N) is 2. The van der Waals surface area contributed by atoms with Crippen LogP contribution in [0.15, 0.2) is 0 Å². The summed E-state index contributed by atoms with van der Waals surface area (Å²) in [4.78, 5) is 79.2. The standard InChI is InChI=1S/C15H18N2O14S2/c18-10-6-8(32(24,25)26)14(22)16(10)30-12(20)4-2-1-3-5-13(21)31-17-11(19)7-9(15(17)23)33(27,28)29/h8-9H,1-7H2,(H,24,25,26)(H,27,28,29). The molecule has 0 saturated carbocycles. The fourth-order valence-corrected chi connectivity index (χ4v) is 4.24. The molecule has 2 heterocycles. The fourth-order valence-electron chi connectivity index (χ4n) is 2.83. The van der Waals surface area contributed by atoms with Crippen LogP contribution >= 0.6 is 0 Å². The van der Waals surface area contributed by atoms with Crippen LogP contribution in [-0.4, -0.2) is 82.1 Å². The van der Waals surface area contributed by atoms with Gasteiger partial charge in [0.15, 0.2) is 10.5 Å². The van der Waals surface area contributed by atoms with Gasteiger partial charge in [0.1, 0.15) is 0 Å². The van der Waals surface area contributed by atoms with Crippen molar-refractivity contribution in [3.63, 3.8) is 0 Å². The van der Waals surface area contributed by atoms with Crippen molar-refractivity contribution in [3.05, 3.63) is 0 Å². The molecular formula is C15H18N2O14S2. The fraction of sp³-hybridized carbons (Fsp3) is 0.600. The number of unbranched alkanes of at least 4 members (excludes halogenated alkanes) is 2. The van der Waals surface area contributed by atoms with E-state index in [4.69, 9.17) is 9.11 Å². The molecule has 2 aliphatic rings. The zero-order chi connectivity index (χ0) is 25.1. The first kappa shape index (κ1) is 26.3. The zero-order valence-electron chi connectivity index (χ0n) is 16.6. The van der Waals surface area contributed by atoms with Crippen molar-refractivity contribution in [1.29, 1.82) is 0 Å². The highest BCUT2D eigenvalue weighted by molar-refractivity contribution is 7.87. The largest absolute Gasteiger partial charge is 0.333 e. The van der Waals surface area contributed by atoms with Crippen LogP contribution in [0.25, 0.3) is 0 Å². The molecule has 2 aliphatic heterocycles. The minimum absolute atomic E-state index is 0.0396. The zero-order valence-corrected chi connectivity index (χ0v) is 18.2. The van der Waals surface area contributed by atoms with E-state index in [0.717, 1.165) is 0 Å². The maximum Gasteiger partial charge on any atom is 0.333 e. The molecule has 2 fully saturated rings. The highest BCUT2D eigenvalue weighted by atomic mass is 32.2. The second kappa shape index (κ2) is 9.89. The van der Waals surface area contributed by atoms with Crippen molar-refractivity contribution < 1.29 is 64.4 Å². The molecule has 0 bridgehead atoms. The summed E-state index contributed by atoms with van der Waals surface area (Å²) in [5, 5.41) is -4.18. The quantitative estimate of drug-likeness (QED) is 0.180. The van der Waals surface area contributed by atoms with Crippen molar-refractivity contribution in [1.82, 2.24) is 10.1 Å². The Bertz CT molecular complexity index is 1010. The third-order valence-electron chi connectivity index (χ3n) is 4.49. The number of hydrogen-bond donors (Lipinski definition) is 2. The lowest BCUT2D eigenvalue weighted by molar-refractivity contribution is -0.197. The van der Waals surface area contributed by atoms with Crippen molar-refractivity contribution in [2.75, 3.05) is 0 Å². The van der Waals surface area contributed by atoms with E-state index in [1.807, 2.05) is 0 Å². The molecule has 0 spiro atoms. The number of carbonyl (C=O) groups excluding carboxylic acids is 6. The maximum absolute atomic E-state index is 11.8. The van der Waals surface area contributed by atoms with E-state index < -0.39 is 79.1 Å². The van der Waals surface area contributed by atoms with Crippen molar-refractivity contribution in [3.8, 4) is 0 Å². The maximum atomic E-state index is 11.8. The van der Waals surface area contributed by atoms with Gasteiger partial charge in [-0.15, -0.1) is 10.1 Å². The third-order valence-corrected chi connectivity index (χ3v) is 6.67. The molecule has 0 aromatic carbocycles. The predicted molar refractivity (Wildman–Crippen MR) is 98.9 cm³/mol. The lowest BCUT2D eigenvalue weighted by Gasteiger charge is -2.13.